The molecule has 0 radical (unpaired) electrons. The van der Waals surface area contributed by atoms with E-state index in [0.717, 1.165) is 29.7 Å². The topological polar surface area (TPSA) is 41.5 Å². The van der Waals surface area contributed by atoms with E-state index in [1.165, 1.54) is 12.8 Å². The fourth-order valence-corrected chi connectivity index (χ4v) is 2.46. The molecular weight excluding hydrogens is 294 g/mol. The van der Waals surface area contributed by atoms with E-state index in [0.29, 0.717) is 18.6 Å². The highest BCUT2D eigenvalue weighted by Gasteiger charge is 2.41. The van der Waals surface area contributed by atoms with Crippen molar-refractivity contribution in [1.29, 1.82) is 0 Å². The van der Waals surface area contributed by atoms with E-state index in [-0.39, 0.29) is 0 Å². The zero-order valence-corrected chi connectivity index (χ0v) is 12.1. The van der Waals surface area contributed by atoms with Gasteiger partial charge in [-0.15, -0.1) is 0 Å². The van der Waals surface area contributed by atoms with E-state index in [9.17, 15) is 0 Å². The van der Waals surface area contributed by atoms with Gasteiger partial charge in [0, 0.05) is 24.2 Å². The van der Waals surface area contributed by atoms with Gasteiger partial charge in [-0.3, -0.25) is 0 Å². The van der Waals surface area contributed by atoms with Crippen LogP contribution < -0.4 is 10.1 Å². The zero-order valence-electron chi connectivity index (χ0n) is 10.5. The molecule has 0 heterocycles. The molecule has 0 amide bonds. The van der Waals surface area contributed by atoms with E-state index in [1.54, 1.807) is 0 Å². The van der Waals surface area contributed by atoms with Gasteiger partial charge >= 0.3 is 0 Å². The molecule has 1 saturated carbocycles. The summed E-state index contributed by atoms with van der Waals surface area (Å²) in [6.45, 7) is 2.82. The Morgan fingerprint density at radius 2 is 2.22 bits per heavy atom. The van der Waals surface area contributed by atoms with Crippen LogP contribution in [0.3, 0.4) is 0 Å². The zero-order chi connectivity index (χ0) is 12.8. The second-order valence-corrected chi connectivity index (χ2v) is 5.87. The molecule has 1 fully saturated rings. The number of rotatable bonds is 8. The van der Waals surface area contributed by atoms with Crippen LogP contribution in [0.2, 0.25) is 0 Å². The molecule has 2 N–H and O–H groups in total. The highest BCUT2D eigenvalue weighted by Crippen LogP contribution is 2.47. The molecule has 0 unspecified atom stereocenters. The van der Waals surface area contributed by atoms with Crippen molar-refractivity contribution < 1.29 is 9.84 Å². The average molecular weight is 314 g/mol. The monoisotopic (exact) mass is 313 g/mol. The van der Waals surface area contributed by atoms with Gasteiger partial charge in [-0.2, -0.15) is 0 Å². The van der Waals surface area contributed by atoms with Crippen LogP contribution in [0.4, 0.5) is 0 Å². The van der Waals surface area contributed by atoms with E-state index in [1.807, 2.05) is 24.3 Å². The van der Waals surface area contributed by atoms with Gasteiger partial charge in [0.05, 0.1) is 0 Å². The molecule has 100 valence electrons. The van der Waals surface area contributed by atoms with Crippen LogP contribution in [0.25, 0.3) is 0 Å². The van der Waals surface area contributed by atoms with Crippen molar-refractivity contribution in [3.8, 4) is 5.75 Å². The smallest absolute Gasteiger partial charge is 0.120 e. The number of aliphatic hydroxyl groups excluding tert-OH is 1. The normalized spacial score (nSPS) is 16.6. The third-order valence-corrected chi connectivity index (χ3v) is 3.94. The summed E-state index contributed by atoms with van der Waals surface area (Å²) >= 11 is 3.42. The van der Waals surface area contributed by atoms with Crippen LogP contribution >= 0.6 is 15.9 Å². The standard InChI is InChI=1S/C14H20BrNO2/c15-12-2-1-3-13(10-12)18-9-7-16-11-14(4-5-14)6-8-17/h1-3,10,16-17H,4-9,11H2. The van der Waals surface area contributed by atoms with Crippen molar-refractivity contribution in [1.82, 2.24) is 5.32 Å². The van der Waals surface area contributed by atoms with E-state index in [2.05, 4.69) is 21.2 Å². The van der Waals surface area contributed by atoms with Gasteiger partial charge in [0.15, 0.2) is 0 Å². The Morgan fingerprint density at radius 1 is 1.39 bits per heavy atom. The van der Waals surface area contributed by atoms with E-state index in [4.69, 9.17) is 9.84 Å². The predicted octanol–water partition coefficient (Wildman–Crippen LogP) is 2.58. The Hall–Kier alpha value is -0.580. The molecule has 1 aliphatic carbocycles. The third kappa shape index (κ3) is 4.26. The van der Waals surface area contributed by atoms with E-state index < -0.39 is 0 Å². The Bertz CT molecular complexity index is 380. The molecule has 1 aromatic carbocycles. The maximum absolute atomic E-state index is 8.96. The minimum atomic E-state index is 0.302. The summed E-state index contributed by atoms with van der Waals surface area (Å²) in [6, 6.07) is 7.87. The van der Waals surface area contributed by atoms with Crippen LogP contribution in [-0.4, -0.2) is 31.4 Å². The lowest BCUT2D eigenvalue weighted by Gasteiger charge is -2.14. The molecule has 0 bridgehead atoms. The second kappa shape index (κ2) is 6.55. The number of ether oxygens (including phenoxy) is 1. The number of nitrogens with one attached hydrogen (secondary N) is 1. The summed E-state index contributed by atoms with van der Waals surface area (Å²) in [6.07, 6.45) is 3.41. The van der Waals surface area contributed by atoms with Gasteiger partial charge in [-0.1, -0.05) is 22.0 Å². The first-order valence-corrected chi connectivity index (χ1v) is 7.23. The summed E-state index contributed by atoms with van der Waals surface area (Å²) in [7, 11) is 0. The quantitative estimate of drug-likeness (QED) is 0.725. The summed E-state index contributed by atoms with van der Waals surface area (Å²) < 4.78 is 6.68. The van der Waals surface area contributed by atoms with Gasteiger partial charge in [-0.05, 0) is 42.9 Å². The number of hydrogen-bond acceptors (Lipinski definition) is 3. The fourth-order valence-electron chi connectivity index (χ4n) is 2.08. The Balaban J connectivity index is 1.59. The van der Waals surface area contributed by atoms with Crippen LogP contribution in [0, 0.1) is 5.41 Å². The SMILES string of the molecule is OCCC1(CNCCOc2cccc(Br)c2)CC1. The van der Waals surface area contributed by atoms with Crippen LogP contribution in [0.15, 0.2) is 28.7 Å². The molecule has 18 heavy (non-hydrogen) atoms. The summed E-state index contributed by atoms with van der Waals surface area (Å²) in [5.41, 5.74) is 0.379. The molecule has 2 rings (SSSR count). The first kappa shape index (κ1) is 13.8. The van der Waals surface area contributed by atoms with Crippen molar-refractivity contribution in [2.24, 2.45) is 5.41 Å². The molecule has 0 spiro atoms. The molecular formula is C14H20BrNO2. The lowest BCUT2D eigenvalue weighted by Crippen LogP contribution is -2.28. The van der Waals surface area contributed by atoms with Gasteiger partial charge < -0.3 is 15.2 Å². The molecule has 0 atom stereocenters. The number of aliphatic hydroxyl groups is 1. The van der Waals surface area contributed by atoms with Crippen LogP contribution in [-0.2, 0) is 0 Å². The molecule has 0 saturated heterocycles. The van der Waals surface area contributed by atoms with Gasteiger partial charge in [0.1, 0.15) is 12.4 Å². The van der Waals surface area contributed by atoms with Gasteiger partial charge in [-0.25, -0.2) is 0 Å². The first-order valence-electron chi connectivity index (χ1n) is 6.44. The number of benzene rings is 1. The largest absolute Gasteiger partial charge is 0.492 e. The first-order chi connectivity index (χ1) is 8.74. The second-order valence-electron chi connectivity index (χ2n) is 4.96. The lowest BCUT2D eigenvalue weighted by atomic mass is 10.0. The molecule has 1 aromatic rings. The number of halogens is 1. The fraction of sp³-hybridized carbons (Fsp3) is 0.571. The molecule has 1 aliphatic rings. The summed E-state index contributed by atoms with van der Waals surface area (Å²) in [5, 5.41) is 12.4. The Morgan fingerprint density at radius 3 is 2.89 bits per heavy atom. The van der Waals surface area contributed by atoms with Crippen LogP contribution in [0.1, 0.15) is 19.3 Å². The Labute approximate surface area is 117 Å². The molecule has 0 aliphatic heterocycles. The molecule has 3 nitrogen and oxygen atoms in total. The lowest BCUT2D eigenvalue weighted by molar-refractivity contribution is 0.241. The summed E-state index contributed by atoms with van der Waals surface area (Å²) in [4.78, 5) is 0. The average Bonchev–Trinajstić information content (AvgIpc) is 3.09. The van der Waals surface area contributed by atoms with E-state index >= 15 is 0 Å². The predicted molar refractivity (Wildman–Crippen MR) is 75.9 cm³/mol. The van der Waals surface area contributed by atoms with Gasteiger partial charge in [0.2, 0.25) is 0 Å². The number of hydrogen-bond donors (Lipinski definition) is 2. The molecule has 0 aromatic heterocycles. The maximum atomic E-state index is 8.96. The summed E-state index contributed by atoms with van der Waals surface area (Å²) in [5.74, 6) is 0.891. The highest BCUT2D eigenvalue weighted by molar-refractivity contribution is 9.10. The van der Waals surface area contributed by atoms with Crippen molar-refractivity contribution in [3.05, 3.63) is 28.7 Å². The van der Waals surface area contributed by atoms with Gasteiger partial charge in [0.25, 0.3) is 0 Å². The third-order valence-electron chi connectivity index (χ3n) is 3.44. The van der Waals surface area contributed by atoms with Crippen molar-refractivity contribution in [2.45, 2.75) is 19.3 Å². The van der Waals surface area contributed by atoms with Crippen LogP contribution in [0.5, 0.6) is 5.75 Å². The molecule has 4 heteroatoms. The highest BCUT2D eigenvalue weighted by atomic mass is 79.9. The van der Waals surface area contributed by atoms with Crippen molar-refractivity contribution in [3.63, 3.8) is 0 Å². The minimum Gasteiger partial charge on any atom is -0.492 e. The Kier molecular flexibility index (Phi) is 5.03. The maximum Gasteiger partial charge on any atom is 0.120 e. The van der Waals surface area contributed by atoms with Crippen molar-refractivity contribution >= 4 is 15.9 Å². The van der Waals surface area contributed by atoms with Crippen molar-refractivity contribution in [2.75, 3.05) is 26.3 Å². The minimum absolute atomic E-state index is 0.302.